The summed E-state index contributed by atoms with van der Waals surface area (Å²) < 4.78 is 0. The van der Waals surface area contributed by atoms with Crippen LogP contribution in [0.25, 0.3) is 11.3 Å². The Hall–Kier alpha value is -2.34. The number of benzene rings is 1. The molecule has 0 radical (unpaired) electrons. The summed E-state index contributed by atoms with van der Waals surface area (Å²) in [5.74, 6) is 1.21. The predicted molar refractivity (Wildman–Crippen MR) is 91.3 cm³/mol. The van der Waals surface area contributed by atoms with Crippen LogP contribution in [0.3, 0.4) is 0 Å². The molecule has 1 aliphatic heterocycles. The normalized spacial score (nSPS) is 14.8. The average Bonchev–Trinajstić information content (AvgIpc) is 2.46. The van der Waals surface area contributed by atoms with Crippen LogP contribution >= 0.6 is 0 Å². The number of aromatic nitrogens is 2. The molecule has 22 heavy (non-hydrogen) atoms. The molecular weight excluding hydrogens is 276 g/mol. The van der Waals surface area contributed by atoms with Crippen LogP contribution in [0, 0.1) is 0 Å². The van der Waals surface area contributed by atoms with Gasteiger partial charge in [0.05, 0.1) is 5.69 Å². The summed E-state index contributed by atoms with van der Waals surface area (Å²) in [6.07, 6.45) is 0. The monoisotopic (exact) mass is 298 g/mol. The maximum atomic E-state index is 5.90. The smallest absolute Gasteiger partial charge is 0.222 e. The van der Waals surface area contributed by atoms with Gasteiger partial charge in [-0.3, -0.25) is 0 Å². The number of nitrogens with two attached hydrogens (primary N) is 1. The largest absolute Gasteiger partial charge is 0.378 e. The summed E-state index contributed by atoms with van der Waals surface area (Å²) in [5.41, 5.74) is 8.95. The predicted octanol–water partition coefficient (Wildman–Crippen LogP) is 1.20. The second-order valence-electron chi connectivity index (χ2n) is 5.80. The van der Waals surface area contributed by atoms with Crippen molar-refractivity contribution in [1.82, 2.24) is 15.3 Å². The molecule has 0 atom stereocenters. The fraction of sp³-hybridized carbons (Fsp3) is 0.375. The highest BCUT2D eigenvalue weighted by Crippen LogP contribution is 2.27. The molecule has 0 aliphatic carbocycles. The van der Waals surface area contributed by atoms with Crippen molar-refractivity contribution in [2.24, 2.45) is 0 Å². The molecule has 6 heteroatoms. The zero-order chi connectivity index (χ0) is 15.7. The Labute approximate surface area is 131 Å². The number of nitrogens with one attached hydrogen (secondary N) is 1. The van der Waals surface area contributed by atoms with Crippen molar-refractivity contribution in [1.29, 1.82) is 0 Å². The summed E-state index contributed by atoms with van der Waals surface area (Å²) in [6.45, 7) is 1.90. The molecule has 2 heterocycles. The number of nitrogen functional groups attached to an aromatic ring is 1. The Kier molecular flexibility index (Phi) is 3.85. The molecule has 1 aromatic heterocycles. The molecule has 3 N–H and O–H groups in total. The molecule has 0 spiro atoms. The molecule has 1 fully saturated rings. The van der Waals surface area contributed by atoms with Crippen LogP contribution in [-0.4, -0.2) is 50.2 Å². The SMILES string of the molecule is CNC1CN(c2cc(-c3cccc(N(C)C)c3)nc(N)n2)C1. The van der Waals surface area contributed by atoms with Gasteiger partial charge in [0, 0.05) is 50.5 Å². The van der Waals surface area contributed by atoms with Gasteiger partial charge in [-0.2, -0.15) is 4.98 Å². The van der Waals surface area contributed by atoms with E-state index in [0.29, 0.717) is 12.0 Å². The topological polar surface area (TPSA) is 70.3 Å². The van der Waals surface area contributed by atoms with E-state index >= 15 is 0 Å². The molecule has 3 rings (SSSR count). The van der Waals surface area contributed by atoms with E-state index in [1.807, 2.05) is 39.3 Å². The summed E-state index contributed by atoms with van der Waals surface area (Å²) in [4.78, 5) is 13.0. The Morgan fingerprint density at radius 2 is 2.00 bits per heavy atom. The number of rotatable bonds is 4. The number of likely N-dealkylation sites (N-methyl/N-ethyl adjacent to an activating group) is 1. The molecule has 116 valence electrons. The van der Waals surface area contributed by atoms with Gasteiger partial charge in [-0.25, -0.2) is 4.98 Å². The Morgan fingerprint density at radius 3 is 2.68 bits per heavy atom. The average molecular weight is 298 g/mol. The lowest BCUT2D eigenvalue weighted by atomic mass is 10.1. The zero-order valence-electron chi connectivity index (χ0n) is 13.2. The van der Waals surface area contributed by atoms with Crippen molar-refractivity contribution >= 4 is 17.5 Å². The van der Waals surface area contributed by atoms with E-state index in [4.69, 9.17) is 5.73 Å². The number of nitrogens with zero attached hydrogens (tertiary/aromatic N) is 4. The van der Waals surface area contributed by atoms with Crippen molar-refractivity contribution in [2.45, 2.75) is 6.04 Å². The van der Waals surface area contributed by atoms with Crippen LogP contribution in [-0.2, 0) is 0 Å². The van der Waals surface area contributed by atoms with Crippen molar-refractivity contribution < 1.29 is 0 Å². The first-order chi connectivity index (χ1) is 10.6. The van der Waals surface area contributed by atoms with E-state index in [2.05, 4.69) is 37.2 Å². The van der Waals surface area contributed by atoms with Gasteiger partial charge in [-0.15, -0.1) is 0 Å². The standard InChI is InChI=1S/C16H22N6/c1-18-12-9-22(10-12)15-8-14(19-16(17)20-15)11-5-4-6-13(7-11)21(2)3/h4-8,12,18H,9-10H2,1-3H3,(H2,17,19,20). The molecule has 1 aromatic carbocycles. The first-order valence-electron chi connectivity index (χ1n) is 7.41. The van der Waals surface area contributed by atoms with Crippen LogP contribution in [0.5, 0.6) is 0 Å². The molecule has 1 saturated heterocycles. The maximum Gasteiger partial charge on any atom is 0.222 e. The summed E-state index contributed by atoms with van der Waals surface area (Å²) >= 11 is 0. The van der Waals surface area contributed by atoms with Gasteiger partial charge in [-0.1, -0.05) is 12.1 Å². The second-order valence-corrected chi connectivity index (χ2v) is 5.80. The van der Waals surface area contributed by atoms with E-state index in [1.165, 1.54) is 0 Å². The van der Waals surface area contributed by atoms with Crippen LogP contribution in [0.15, 0.2) is 30.3 Å². The summed E-state index contributed by atoms with van der Waals surface area (Å²) in [7, 11) is 6.03. The Morgan fingerprint density at radius 1 is 1.23 bits per heavy atom. The molecule has 0 bridgehead atoms. The van der Waals surface area contributed by atoms with Gasteiger partial charge in [0.1, 0.15) is 5.82 Å². The molecule has 1 aliphatic rings. The lowest BCUT2D eigenvalue weighted by Gasteiger charge is -2.40. The van der Waals surface area contributed by atoms with Crippen molar-refractivity contribution in [3.63, 3.8) is 0 Å². The highest BCUT2D eigenvalue weighted by atomic mass is 15.3. The Balaban J connectivity index is 1.91. The second kappa shape index (κ2) is 5.81. The number of hydrogen-bond donors (Lipinski definition) is 2. The third kappa shape index (κ3) is 2.82. The molecule has 0 amide bonds. The molecule has 6 nitrogen and oxygen atoms in total. The van der Waals surface area contributed by atoms with Gasteiger partial charge < -0.3 is 20.9 Å². The number of hydrogen-bond acceptors (Lipinski definition) is 6. The summed E-state index contributed by atoms with van der Waals surface area (Å²) in [5, 5.41) is 3.26. The van der Waals surface area contributed by atoms with E-state index in [1.54, 1.807) is 0 Å². The van der Waals surface area contributed by atoms with Crippen LogP contribution in [0.2, 0.25) is 0 Å². The minimum absolute atomic E-state index is 0.315. The van der Waals surface area contributed by atoms with Gasteiger partial charge in [0.2, 0.25) is 5.95 Å². The quantitative estimate of drug-likeness (QED) is 0.884. The maximum absolute atomic E-state index is 5.90. The van der Waals surface area contributed by atoms with Crippen molar-refractivity contribution in [3.05, 3.63) is 30.3 Å². The molecular formula is C16H22N6. The van der Waals surface area contributed by atoms with E-state index in [9.17, 15) is 0 Å². The van der Waals surface area contributed by atoms with Crippen molar-refractivity contribution in [3.8, 4) is 11.3 Å². The van der Waals surface area contributed by atoms with Gasteiger partial charge in [-0.05, 0) is 19.2 Å². The highest BCUT2D eigenvalue weighted by Gasteiger charge is 2.26. The third-order valence-electron chi connectivity index (χ3n) is 4.00. The lowest BCUT2D eigenvalue weighted by molar-refractivity contribution is 0.447. The van der Waals surface area contributed by atoms with Crippen LogP contribution < -0.4 is 20.9 Å². The molecule has 0 saturated carbocycles. The molecule has 2 aromatic rings. The summed E-state index contributed by atoms with van der Waals surface area (Å²) in [6, 6.07) is 10.8. The van der Waals surface area contributed by atoms with Gasteiger partial charge >= 0.3 is 0 Å². The minimum Gasteiger partial charge on any atom is -0.378 e. The fourth-order valence-corrected chi connectivity index (χ4v) is 2.55. The first-order valence-corrected chi connectivity index (χ1v) is 7.41. The lowest BCUT2D eigenvalue weighted by Crippen LogP contribution is -2.57. The van der Waals surface area contributed by atoms with Crippen LogP contribution in [0.1, 0.15) is 0 Å². The van der Waals surface area contributed by atoms with Crippen molar-refractivity contribution in [2.75, 3.05) is 49.8 Å². The van der Waals surface area contributed by atoms with E-state index in [0.717, 1.165) is 35.9 Å². The van der Waals surface area contributed by atoms with Crippen LogP contribution in [0.4, 0.5) is 17.5 Å². The van der Waals surface area contributed by atoms with E-state index in [-0.39, 0.29) is 0 Å². The van der Waals surface area contributed by atoms with Gasteiger partial charge in [0.15, 0.2) is 0 Å². The number of anilines is 3. The molecule has 0 unspecified atom stereocenters. The Bertz CT molecular complexity index is 663. The first kappa shape index (κ1) is 14.6. The highest BCUT2D eigenvalue weighted by molar-refractivity contribution is 5.69. The zero-order valence-corrected chi connectivity index (χ0v) is 13.2. The van der Waals surface area contributed by atoms with Gasteiger partial charge in [0.25, 0.3) is 0 Å². The fourth-order valence-electron chi connectivity index (χ4n) is 2.55. The minimum atomic E-state index is 0.315. The third-order valence-corrected chi connectivity index (χ3v) is 4.00. The van der Waals surface area contributed by atoms with E-state index < -0.39 is 0 Å².